The number of carboxylic acids is 1. The molecule has 0 radical (unpaired) electrons. The molecule has 0 aromatic heterocycles. The number of urea groups is 1. The third-order valence-corrected chi connectivity index (χ3v) is 3.00. The third kappa shape index (κ3) is 4.71. The normalized spacial score (nSPS) is 15.0. The number of benzene rings is 1. The molecular weight excluding hydrogens is 284 g/mol. The van der Waals surface area contributed by atoms with Gasteiger partial charge in [-0.15, -0.1) is 0 Å². The van der Waals surface area contributed by atoms with Gasteiger partial charge in [-0.3, -0.25) is 0 Å². The van der Waals surface area contributed by atoms with Gasteiger partial charge in [0.2, 0.25) is 0 Å². The van der Waals surface area contributed by atoms with E-state index < -0.39 is 24.1 Å². The number of halogens is 1. The van der Waals surface area contributed by atoms with E-state index in [9.17, 15) is 14.7 Å². The molecule has 7 heteroatoms. The van der Waals surface area contributed by atoms with Crippen LogP contribution in [0.1, 0.15) is 25.5 Å². The first-order chi connectivity index (χ1) is 9.31. The van der Waals surface area contributed by atoms with Crippen LogP contribution < -0.4 is 10.6 Å². The van der Waals surface area contributed by atoms with Crippen molar-refractivity contribution >= 4 is 23.6 Å². The summed E-state index contributed by atoms with van der Waals surface area (Å²) in [6, 6.07) is 4.57. The second kappa shape index (κ2) is 7.12. The molecule has 0 fully saturated rings. The zero-order valence-electron chi connectivity index (χ0n) is 11.1. The van der Waals surface area contributed by atoms with Gasteiger partial charge >= 0.3 is 12.0 Å². The van der Waals surface area contributed by atoms with Crippen LogP contribution in [0, 0.1) is 0 Å². The number of hydrogen-bond donors (Lipinski definition) is 4. The van der Waals surface area contributed by atoms with Gasteiger partial charge in [-0.1, -0.05) is 23.7 Å². The van der Waals surface area contributed by atoms with Gasteiger partial charge in [-0.25, -0.2) is 9.59 Å². The average Bonchev–Trinajstić information content (AvgIpc) is 2.35. The number of carbonyl (C=O) groups excluding carboxylic acids is 1. The first-order valence-electron chi connectivity index (χ1n) is 6.04. The van der Waals surface area contributed by atoms with Gasteiger partial charge in [-0.05, 0) is 31.5 Å². The van der Waals surface area contributed by atoms with E-state index in [1.54, 1.807) is 31.2 Å². The second-order valence-electron chi connectivity index (χ2n) is 4.45. The van der Waals surface area contributed by atoms with Crippen LogP contribution in [0.2, 0.25) is 5.02 Å². The van der Waals surface area contributed by atoms with E-state index in [2.05, 4.69) is 10.6 Å². The molecule has 3 unspecified atom stereocenters. The molecule has 2 amide bonds. The molecule has 110 valence electrons. The van der Waals surface area contributed by atoms with E-state index in [4.69, 9.17) is 16.7 Å². The molecule has 1 rings (SSSR count). The van der Waals surface area contributed by atoms with E-state index in [0.717, 1.165) is 5.56 Å². The van der Waals surface area contributed by atoms with Crippen molar-refractivity contribution < 1.29 is 19.8 Å². The third-order valence-electron chi connectivity index (χ3n) is 2.75. The minimum atomic E-state index is -1.35. The quantitative estimate of drug-likeness (QED) is 0.663. The number of rotatable bonds is 5. The van der Waals surface area contributed by atoms with Crippen molar-refractivity contribution in [3.8, 4) is 0 Å². The average molecular weight is 301 g/mol. The highest BCUT2D eigenvalue weighted by atomic mass is 35.5. The van der Waals surface area contributed by atoms with E-state index >= 15 is 0 Å². The predicted molar refractivity (Wildman–Crippen MR) is 74.6 cm³/mol. The zero-order chi connectivity index (χ0) is 15.3. The minimum absolute atomic E-state index is 0.323. The number of aliphatic carboxylic acids is 1. The largest absolute Gasteiger partial charge is 0.480 e. The lowest BCUT2D eigenvalue weighted by atomic mass is 10.1. The molecule has 0 aliphatic carbocycles. The highest BCUT2D eigenvalue weighted by molar-refractivity contribution is 6.30. The summed E-state index contributed by atoms with van der Waals surface area (Å²) in [6.07, 6.45) is -1.19. The molecule has 6 nitrogen and oxygen atoms in total. The van der Waals surface area contributed by atoms with Crippen molar-refractivity contribution in [2.75, 3.05) is 0 Å². The Morgan fingerprint density at radius 1 is 1.15 bits per heavy atom. The lowest BCUT2D eigenvalue weighted by molar-refractivity contribution is -0.141. The molecule has 0 bridgehead atoms. The van der Waals surface area contributed by atoms with Crippen molar-refractivity contribution in [1.29, 1.82) is 0 Å². The van der Waals surface area contributed by atoms with Gasteiger partial charge in [0.25, 0.3) is 0 Å². The van der Waals surface area contributed by atoms with E-state index in [1.165, 1.54) is 6.92 Å². The summed E-state index contributed by atoms with van der Waals surface area (Å²) < 4.78 is 0. The van der Waals surface area contributed by atoms with Gasteiger partial charge in [0.1, 0.15) is 0 Å². The van der Waals surface area contributed by atoms with Crippen LogP contribution in [-0.2, 0) is 4.79 Å². The van der Waals surface area contributed by atoms with Gasteiger partial charge in [0.05, 0.1) is 12.1 Å². The highest BCUT2D eigenvalue weighted by Crippen LogP contribution is 2.15. The fourth-order valence-electron chi connectivity index (χ4n) is 1.60. The number of carbonyl (C=O) groups is 2. The zero-order valence-corrected chi connectivity index (χ0v) is 11.9. The fourth-order valence-corrected chi connectivity index (χ4v) is 1.73. The molecule has 1 aromatic rings. The summed E-state index contributed by atoms with van der Waals surface area (Å²) >= 11 is 5.77. The molecule has 1 aromatic carbocycles. The second-order valence-corrected chi connectivity index (χ2v) is 4.88. The van der Waals surface area contributed by atoms with Crippen LogP contribution in [-0.4, -0.2) is 34.4 Å². The Morgan fingerprint density at radius 3 is 2.15 bits per heavy atom. The molecule has 3 atom stereocenters. The van der Waals surface area contributed by atoms with Crippen molar-refractivity contribution in [2.24, 2.45) is 0 Å². The SMILES string of the molecule is CC(NC(=O)NC(C(=O)O)C(C)O)c1ccc(Cl)cc1. The van der Waals surface area contributed by atoms with Crippen molar-refractivity contribution in [3.63, 3.8) is 0 Å². The monoisotopic (exact) mass is 300 g/mol. The molecule has 4 N–H and O–H groups in total. The van der Waals surface area contributed by atoms with Crippen molar-refractivity contribution in [3.05, 3.63) is 34.9 Å². The summed E-state index contributed by atoms with van der Waals surface area (Å²) in [5.41, 5.74) is 0.827. The lowest BCUT2D eigenvalue weighted by Gasteiger charge is -2.20. The highest BCUT2D eigenvalue weighted by Gasteiger charge is 2.25. The molecule has 0 heterocycles. The predicted octanol–water partition coefficient (Wildman–Crippen LogP) is 1.53. The van der Waals surface area contributed by atoms with Gasteiger partial charge in [-0.2, -0.15) is 0 Å². The summed E-state index contributed by atoms with van der Waals surface area (Å²) in [7, 11) is 0. The Hall–Kier alpha value is -1.79. The Labute approximate surface area is 121 Å². The Morgan fingerprint density at radius 2 is 1.70 bits per heavy atom. The van der Waals surface area contributed by atoms with Gasteiger partial charge < -0.3 is 20.8 Å². The van der Waals surface area contributed by atoms with E-state index in [1.807, 2.05) is 0 Å². The molecule has 0 saturated heterocycles. The summed E-state index contributed by atoms with van der Waals surface area (Å²) in [5, 5.41) is 23.5. The topological polar surface area (TPSA) is 98.7 Å². The summed E-state index contributed by atoms with van der Waals surface area (Å²) in [6.45, 7) is 3.04. The molecule has 20 heavy (non-hydrogen) atoms. The number of carboxylic acid groups (broad SMARTS) is 1. The molecular formula is C13H17ClN2O4. The first-order valence-corrected chi connectivity index (χ1v) is 6.42. The van der Waals surface area contributed by atoms with E-state index in [-0.39, 0.29) is 6.04 Å². The Bertz CT molecular complexity index is 476. The first kappa shape index (κ1) is 16.3. The van der Waals surface area contributed by atoms with Crippen molar-refractivity contribution in [2.45, 2.75) is 32.0 Å². The van der Waals surface area contributed by atoms with Crippen molar-refractivity contribution in [1.82, 2.24) is 10.6 Å². The lowest BCUT2D eigenvalue weighted by Crippen LogP contribution is -2.51. The smallest absolute Gasteiger partial charge is 0.328 e. The number of aliphatic hydroxyl groups is 1. The maximum Gasteiger partial charge on any atom is 0.328 e. The van der Waals surface area contributed by atoms with E-state index in [0.29, 0.717) is 5.02 Å². The molecule has 0 saturated carbocycles. The fraction of sp³-hybridized carbons (Fsp3) is 0.385. The number of aliphatic hydroxyl groups excluding tert-OH is 1. The minimum Gasteiger partial charge on any atom is -0.480 e. The number of hydrogen-bond acceptors (Lipinski definition) is 3. The molecule has 0 aliphatic rings. The standard InChI is InChI=1S/C13H17ClN2O4/c1-7(9-3-5-10(14)6-4-9)15-13(20)16-11(8(2)17)12(18)19/h3-8,11,17H,1-2H3,(H,18,19)(H2,15,16,20). The Kier molecular flexibility index (Phi) is 5.79. The summed E-state index contributed by atoms with van der Waals surface area (Å²) in [4.78, 5) is 22.5. The van der Waals surface area contributed by atoms with Crippen LogP contribution in [0.3, 0.4) is 0 Å². The number of amides is 2. The maximum absolute atomic E-state index is 11.7. The molecule has 0 aliphatic heterocycles. The maximum atomic E-state index is 11.7. The van der Waals surface area contributed by atoms with Crippen LogP contribution >= 0.6 is 11.6 Å². The van der Waals surface area contributed by atoms with Crippen LogP contribution in [0.4, 0.5) is 4.79 Å². The van der Waals surface area contributed by atoms with Gasteiger partial charge in [0, 0.05) is 5.02 Å². The summed E-state index contributed by atoms with van der Waals surface area (Å²) in [5.74, 6) is -1.30. The Balaban J connectivity index is 2.61. The van der Waals surface area contributed by atoms with Crippen LogP contribution in [0.5, 0.6) is 0 Å². The van der Waals surface area contributed by atoms with Crippen LogP contribution in [0.25, 0.3) is 0 Å². The van der Waals surface area contributed by atoms with Gasteiger partial charge in [0.15, 0.2) is 6.04 Å². The number of nitrogens with one attached hydrogen (secondary N) is 2. The molecule has 0 spiro atoms. The van der Waals surface area contributed by atoms with Crippen LogP contribution in [0.15, 0.2) is 24.3 Å².